The Hall–Kier alpha value is -5.48. The predicted octanol–water partition coefficient (Wildman–Crippen LogP) is 5.67. The van der Waals surface area contributed by atoms with Crippen LogP contribution in [0.4, 0.5) is 0 Å². The first-order valence-corrected chi connectivity index (χ1v) is 16.0. The van der Waals surface area contributed by atoms with Crippen molar-refractivity contribution in [2.24, 2.45) is 0 Å². The van der Waals surface area contributed by atoms with Crippen LogP contribution < -0.4 is 21.9 Å². The van der Waals surface area contributed by atoms with Gasteiger partial charge in [0.25, 0.3) is 0 Å². The van der Waals surface area contributed by atoms with Crippen LogP contribution in [0.5, 0.6) is 23.0 Å². The number of rotatable bonds is 3. The second kappa shape index (κ2) is 11.3. The van der Waals surface area contributed by atoms with Crippen LogP contribution in [0.15, 0.2) is 91.0 Å². The first kappa shape index (κ1) is 30.8. The van der Waals surface area contributed by atoms with Crippen molar-refractivity contribution >= 4 is 91.6 Å². The molecule has 4 N–H and O–H groups in total. The fraction of sp³-hybridized carbons (Fsp3) is 0.0732. The number of fused-ring (bicyclic) bond motifs is 4. The number of aromatic hydroxyl groups is 4. The summed E-state index contributed by atoms with van der Waals surface area (Å²) in [6, 6.07) is 27.4. The number of benzene rings is 7. The van der Waals surface area contributed by atoms with E-state index < -0.39 is 23.0 Å². The molecule has 0 saturated heterocycles. The Morgan fingerprint density at radius 2 is 1.10 bits per heavy atom. The van der Waals surface area contributed by atoms with E-state index in [1.165, 1.54) is 5.56 Å². The zero-order valence-corrected chi connectivity index (χ0v) is 26.6. The van der Waals surface area contributed by atoms with Crippen molar-refractivity contribution in [2.45, 2.75) is 19.3 Å². The molecule has 0 saturated carbocycles. The third-order valence-corrected chi connectivity index (χ3v) is 9.98. The molecule has 7 aromatic rings. The van der Waals surface area contributed by atoms with Crippen LogP contribution in [0.25, 0.3) is 71.8 Å². The Bertz CT molecular complexity index is 2510. The molecule has 0 aromatic heterocycles. The van der Waals surface area contributed by atoms with Gasteiger partial charge in [0.2, 0.25) is 11.5 Å². The van der Waals surface area contributed by atoms with Crippen LogP contribution in [-0.4, -0.2) is 51.8 Å². The summed E-state index contributed by atoms with van der Waals surface area (Å²) in [6.45, 7) is 2.20. The van der Waals surface area contributed by atoms with E-state index in [0.717, 1.165) is 33.9 Å². The molecule has 8 rings (SSSR count). The normalized spacial score (nSPS) is 14.1. The molecule has 0 spiro atoms. The van der Waals surface area contributed by atoms with Crippen molar-refractivity contribution in [3.8, 4) is 56.4 Å². The van der Waals surface area contributed by atoms with Crippen molar-refractivity contribution in [2.75, 3.05) is 0 Å². The summed E-state index contributed by atoms with van der Waals surface area (Å²) in [4.78, 5) is 0. The maximum atomic E-state index is 11.7. The molecule has 0 bridgehead atoms. The van der Waals surface area contributed by atoms with E-state index in [2.05, 4.69) is 31.2 Å². The Morgan fingerprint density at radius 1 is 0.531 bits per heavy atom. The maximum absolute atomic E-state index is 11.7. The van der Waals surface area contributed by atoms with Crippen molar-refractivity contribution < 1.29 is 20.4 Å². The lowest BCUT2D eigenvalue weighted by molar-refractivity contribution is 0.351. The summed E-state index contributed by atoms with van der Waals surface area (Å²) >= 11 is 0. The van der Waals surface area contributed by atoms with Gasteiger partial charge in [0.05, 0.1) is 0 Å². The van der Waals surface area contributed by atoms with E-state index in [0.29, 0.717) is 38.9 Å². The highest BCUT2D eigenvalue weighted by atomic mass is 16.3. The van der Waals surface area contributed by atoms with Crippen molar-refractivity contribution in [3.05, 3.63) is 102 Å². The zero-order valence-electron chi connectivity index (χ0n) is 26.6. The smallest absolute Gasteiger partial charge is 0.204 e. The summed E-state index contributed by atoms with van der Waals surface area (Å²) in [7, 11) is 26.6. The average molecular weight is 626 g/mol. The van der Waals surface area contributed by atoms with Crippen LogP contribution in [-0.2, 0) is 0 Å². The predicted molar refractivity (Wildman–Crippen MR) is 206 cm³/mol. The van der Waals surface area contributed by atoms with Gasteiger partial charge < -0.3 is 20.4 Å². The second-order valence-corrected chi connectivity index (χ2v) is 12.8. The van der Waals surface area contributed by atoms with Gasteiger partial charge in [-0.05, 0) is 79.4 Å². The Kier molecular flexibility index (Phi) is 7.11. The Labute approximate surface area is 289 Å². The van der Waals surface area contributed by atoms with E-state index in [1.807, 2.05) is 72.8 Å². The highest BCUT2D eigenvalue weighted by Crippen LogP contribution is 2.56. The van der Waals surface area contributed by atoms with Crippen LogP contribution >= 0.6 is 0 Å². The molecule has 0 aliphatic heterocycles. The zero-order chi connectivity index (χ0) is 34.3. The molecule has 4 nitrogen and oxygen atoms in total. The van der Waals surface area contributed by atoms with Gasteiger partial charge in [-0.15, -0.1) is 10.9 Å². The van der Waals surface area contributed by atoms with E-state index >= 15 is 0 Å². The minimum atomic E-state index is -0.876. The van der Waals surface area contributed by atoms with Gasteiger partial charge in [0.15, 0.2) is 11.5 Å². The lowest BCUT2D eigenvalue weighted by atomic mass is 9.62. The van der Waals surface area contributed by atoms with E-state index in [-0.39, 0.29) is 32.6 Å². The fourth-order valence-corrected chi connectivity index (χ4v) is 7.59. The fourth-order valence-electron chi connectivity index (χ4n) is 7.59. The minimum Gasteiger partial charge on any atom is -0.504 e. The molecule has 8 heteroatoms. The summed E-state index contributed by atoms with van der Waals surface area (Å²) in [5.74, 6) is -2.74. The van der Waals surface area contributed by atoms with Gasteiger partial charge in [-0.2, -0.15) is 0 Å². The van der Waals surface area contributed by atoms with Crippen molar-refractivity contribution in [1.82, 2.24) is 0 Å². The number of phenolic OH excluding ortho intramolecular Hbond substituents is 4. The third-order valence-electron chi connectivity index (χ3n) is 9.98. The van der Waals surface area contributed by atoms with E-state index in [9.17, 15) is 20.4 Å². The molecule has 0 heterocycles. The summed E-state index contributed by atoms with van der Waals surface area (Å²) in [5, 5.41) is 48.1. The topological polar surface area (TPSA) is 80.9 Å². The number of hydrogen-bond donors (Lipinski definition) is 4. The van der Waals surface area contributed by atoms with Gasteiger partial charge in [-0.1, -0.05) is 103 Å². The molecule has 0 fully saturated rings. The van der Waals surface area contributed by atoms with E-state index in [1.54, 1.807) is 0 Å². The van der Waals surface area contributed by atoms with Gasteiger partial charge >= 0.3 is 0 Å². The van der Waals surface area contributed by atoms with Gasteiger partial charge in [0, 0.05) is 21.9 Å². The van der Waals surface area contributed by atoms with Gasteiger partial charge in [-0.3, -0.25) is 0 Å². The van der Waals surface area contributed by atoms with E-state index in [4.69, 9.17) is 31.4 Å². The average Bonchev–Trinajstić information content (AvgIpc) is 3.13. The molecule has 1 aliphatic carbocycles. The third kappa shape index (κ3) is 4.50. The molecule has 1 unspecified atom stereocenters. The summed E-state index contributed by atoms with van der Waals surface area (Å²) in [6.07, 6.45) is 5.24. The quantitative estimate of drug-likeness (QED) is 0.0884. The summed E-state index contributed by atoms with van der Waals surface area (Å²) < 4.78 is 0. The van der Waals surface area contributed by atoms with Crippen LogP contribution in [0.2, 0.25) is 0 Å². The van der Waals surface area contributed by atoms with Gasteiger partial charge in [-0.25, -0.2) is 0 Å². The summed E-state index contributed by atoms with van der Waals surface area (Å²) in [5.41, 5.74) is 6.63. The SMILES string of the molecule is [B]c1c([B])c([B])c2c(-c3ccc4ccccc4c3)c3c(O)c(O)c(O)c(O)c3c(-c3cccc(-c4cccc5c4C(C)CC=C5)c3)c2c1[B]. The lowest BCUT2D eigenvalue weighted by Crippen LogP contribution is -2.48. The monoisotopic (exact) mass is 626 g/mol. The second-order valence-electron chi connectivity index (χ2n) is 12.8. The highest BCUT2D eigenvalue weighted by Gasteiger charge is 2.29. The molecular formula is C41H26B4O4. The van der Waals surface area contributed by atoms with Crippen LogP contribution in [0.3, 0.4) is 0 Å². The lowest BCUT2D eigenvalue weighted by Gasteiger charge is -2.26. The minimum absolute atomic E-state index is 0.0575. The molecule has 0 amide bonds. The maximum Gasteiger partial charge on any atom is 0.204 e. The molecule has 1 atom stereocenters. The number of phenols is 4. The molecule has 226 valence electrons. The molecule has 49 heavy (non-hydrogen) atoms. The molecule has 7 aromatic carbocycles. The first-order chi connectivity index (χ1) is 23.6. The van der Waals surface area contributed by atoms with Crippen LogP contribution in [0, 0.1) is 0 Å². The van der Waals surface area contributed by atoms with Crippen molar-refractivity contribution in [1.29, 1.82) is 0 Å². The number of allylic oxidation sites excluding steroid dienone is 1. The van der Waals surface area contributed by atoms with Crippen molar-refractivity contribution in [3.63, 3.8) is 0 Å². The number of hydrogen-bond acceptors (Lipinski definition) is 4. The largest absolute Gasteiger partial charge is 0.504 e. The molecule has 1 aliphatic rings. The van der Waals surface area contributed by atoms with Crippen LogP contribution in [0.1, 0.15) is 30.4 Å². The van der Waals surface area contributed by atoms with Gasteiger partial charge in [0.1, 0.15) is 31.4 Å². The molecule has 8 radical (unpaired) electrons. The molecular weight excluding hydrogens is 600 g/mol. The first-order valence-electron chi connectivity index (χ1n) is 16.0. The standard InChI is InChI=1S/C41H26B4O4/c1-19-7-4-10-21-11-6-14-26(27(19)21)23-12-5-13-24(18-23)28-30-31(35(43)37(45)36(44)34(30)42)29(25-16-15-20-8-2-3-9-22(20)17-25)33-32(28)38(46)40(48)41(49)39(33)47/h2-6,8-19,46-49H,7H2,1H3. The highest BCUT2D eigenvalue weighted by molar-refractivity contribution is 6.68. The Balaban J connectivity index is 1.57. The Morgan fingerprint density at radius 3 is 1.76 bits per heavy atom.